The maximum atomic E-state index is 5.97. The first-order chi connectivity index (χ1) is 7.28. The minimum atomic E-state index is 0.611. The molecule has 0 bridgehead atoms. The van der Waals surface area contributed by atoms with Crippen LogP contribution in [-0.2, 0) is 13.0 Å². The molecular formula is C12H13ClN2. The Hall–Kier alpha value is -0.990. The van der Waals surface area contributed by atoms with Crippen molar-refractivity contribution in [1.82, 2.24) is 4.57 Å². The van der Waals surface area contributed by atoms with Crippen LogP contribution in [0.4, 0.5) is 0 Å². The molecule has 3 heteroatoms. The first-order valence-corrected chi connectivity index (χ1v) is 5.63. The van der Waals surface area contributed by atoms with Crippen molar-refractivity contribution in [1.29, 1.82) is 0 Å². The van der Waals surface area contributed by atoms with E-state index < -0.39 is 0 Å². The van der Waals surface area contributed by atoms with Crippen molar-refractivity contribution in [3.8, 4) is 0 Å². The van der Waals surface area contributed by atoms with Gasteiger partial charge < -0.3 is 10.3 Å². The standard InChI is InChI=1S/C12H13ClN2/c13-10-1-2-12-9(4-10)5-11-3-8(6-14)7-15(11)12/h1-2,4-5,8H,3,6-7,14H2. The Balaban J connectivity index is 2.15. The van der Waals surface area contributed by atoms with Gasteiger partial charge in [0, 0.05) is 28.2 Å². The number of nitrogens with zero attached hydrogens (tertiary/aromatic N) is 1. The first kappa shape index (κ1) is 9.25. The Labute approximate surface area is 93.6 Å². The van der Waals surface area contributed by atoms with Crippen LogP contribution < -0.4 is 5.73 Å². The van der Waals surface area contributed by atoms with Crippen LogP contribution >= 0.6 is 11.6 Å². The van der Waals surface area contributed by atoms with E-state index in [1.165, 1.54) is 16.6 Å². The van der Waals surface area contributed by atoms with Crippen LogP contribution in [0, 0.1) is 5.92 Å². The van der Waals surface area contributed by atoms with Gasteiger partial charge in [-0.1, -0.05) is 11.6 Å². The van der Waals surface area contributed by atoms with Crippen LogP contribution in [0.1, 0.15) is 5.69 Å². The van der Waals surface area contributed by atoms with E-state index >= 15 is 0 Å². The number of fused-ring (bicyclic) bond motifs is 3. The minimum Gasteiger partial charge on any atom is -0.344 e. The van der Waals surface area contributed by atoms with Gasteiger partial charge in [-0.2, -0.15) is 0 Å². The van der Waals surface area contributed by atoms with E-state index in [1.807, 2.05) is 12.1 Å². The summed E-state index contributed by atoms with van der Waals surface area (Å²) in [6, 6.07) is 8.31. The fraction of sp³-hybridized carbons (Fsp3) is 0.333. The van der Waals surface area contributed by atoms with E-state index in [2.05, 4.69) is 16.7 Å². The quantitative estimate of drug-likeness (QED) is 0.786. The molecule has 2 aromatic rings. The van der Waals surface area contributed by atoms with Gasteiger partial charge in [0.15, 0.2) is 0 Å². The number of nitrogens with two attached hydrogens (primary N) is 1. The molecule has 0 amide bonds. The molecule has 1 aliphatic rings. The summed E-state index contributed by atoms with van der Waals surface area (Å²) in [4.78, 5) is 0. The summed E-state index contributed by atoms with van der Waals surface area (Å²) in [7, 11) is 0. The van der Waals surface area contributed by atoms with Gasteiger partial charge in [0.25, 0.3) is 0 Å². The number of hydrogen-bond acceptors (Lipinski definition) is 1. The third kappa shape index (κ3) is 1.36. The second-order valence-corrected chi connectivity index (χ2v) is 4.69. The van der Waals surface area contributed by atoms with Crippen molar-refractivity contribution >= 4 is 22.5 Å². The van der Waals surface area contributed by atoms with E-state index in [0.717, 1.165) is 24.5 Å². The lowest BCUT2D eigenvalue weighted by atomic mass is 10.1. The second kappa shape index (κ2) is 3.26. The molecule has 15 heavy (non-hydrogen) atoms. The smallest absolute Gasteiger partial charge is 0.0483 e. The molecule has 0 saturated carbocycles. The Bertz CT molecular complexity index is 516. The lowest BCUT2D eigenvalue weighted by Gasteiger charge is -2.05. The Morgan fingerprint density at radius 2 is 2.27 bits per heavy atom. The molecule has 0 aliphatic carbocycles. The van der Waals surface area contributed by atoms with Crippen LogP contribution in [0.5, 0.6) is 0 Å². The molecule has 0 saturated heterocycles. The van der Waals surface area contributed by atoms with E-state index in [-0.39, 0.29) is 0 Å². The van der Waals surface area contributed by atoms with Gasteiger partial charge in [-0.25, -0.2) is 0 Å². The molecule has 1 unspecified atom stereocenters. The highest BCUT2D eigenvalue weighted by Gasteiger charge is 2.21. The molecule has 1 atom stereocenters. The van der Waals surface area contributed by atoms with Crippen molar-refractivity contribution in [2.45, 2.75) is 13.0 Å². The summed E-state index contributed by atoms with van der Waals surface area (Å²) < 4.78 is 2.36. The van der Waals surface area contributed by atoms with Gasteiger partial charge in [-0.15, -0.1) is 0 Å². The summed E-state index contributed by atoms with van der Waals surface area (Å²) in [5.41, 5.74) is 8.38. The van der Waals surface area contributed by atoms with Crippen molar-refractivity contribution in [3.05, 3.63) is 35.0 Å². The molecule has 2 N–H and O–H groups in total. The maximum Gasteiger partial charge on any atom is 0.0483 e. The lowest BCUT2D eigenvalue weighted by molar-refractivity contribution is 0.530. The van der Waals surface area contributed by atoms with Gasteiger partial charge in [-0.3, -0.25) is 0 Å². The largest absolute Gasteiger partial charge is 0.344 e. The lowest BCUT2D eigenvalue weighted by Crippen LogP contribution is -2.15. The molecule has 1 aliphatic heterocycles. The minimum absolute atomic E-state index is 0.611. The Kier molecular flexibility index (Phi) is 2.01. The molecule has 2 nitrogen and oxygen atoms in total. The number of aromatic nitrogens is 1. The van der Waals surface area contributed by atoms with E-state index in [0.29, 0.717) is 5.92 Å². The number of hydrogen-bond donors (Lipinski definition) is 1. The Morgan fingerprint density at radius 3 is 3.07 bits per heavy atom. The average Bonchev–Trinajstić information content (AvgIpc) is 2.73. The van der Waals surface area contributed by atoms with Gasteiger partial charge in [0.2, 0.25) is 0 Å². The predicted molar refractivity (Wildman–Crippen MR) is 63.2 cm³/mol. The van der Waals surface area contributed by atoms with Gasteiger partial charge >= 0.3 is 0 Å². The zero-order chi connectivity index (χ0) is 10.4. The monoisotopic (exact) mass is 220 g/mol. The highest BCUT2D eigenvalue weighted by Crippen LogP contribution is 2.30. The number of rotatable bonds is 1. The highest BCUT2D eigenvalue weighted by molar-refractivity contribution is 6.31. The summed E-state index contributed by atoms with van der Waals surface area (Å²) >= 11 is 5.97. The average molecular weight is 221 g/mol. The summed E-state index contributed by atoms with van der Waals surface area (Å²) in [5, 5.41) is 2.05. The molecule has 0 fully saturated rings. The molecule has 1 aromatic heterocycles. The SMILES string of the molecule is NCC1Cc2cc3cc(Cl)ccc3n2C1. The molecule has 78 valence electrons. The first-order valence-electron chi connectivity index (χ1n) is 5.25. The van der Waals surface area contributed by atoms with Gasteiger partial charge in [0.1, 0.15) is 0 Å². The second-order valence-electron chi connectivity index (χ2n) is 4.26. The van der Waals surface area contributed by atoms with Crippen molar-refractivity contribution in [3.63, 3.8) is 0 Å². The normalized spacial score (nSPS) is 19.7. The van der Waals surface area contributed by atoms with Gasteiger partial charge in [-0.05, 0) is 43.1 Å². The molecule has 0 spiro atoms. The third-order valence-corrected chi connectivity index (χ3v) is 3.46. The molecule has 0 radical (unpaired) electrons. The zero-order valence-electron chi connectivity index (χ0n) is 8.41. The fourth-order valence-electron chi connectivity index (χ4n) is 2.46. The third-order valence-electron chi connectivity index (χ3n) is 3.22. The van der Waals surface area contributed by atoms with E-state index in [4.69, 9.17) is 17.3 Å². The molecule has 2 heterocycles. The molecule has 3 rings (SSSR count). The number of halogens is 1. The van der Waals surface area contributed by atoms with Gasteiger partial charge in [0.05, 0.1) is 0 Å². The van der Waals surface area contributed by atoms with E-state index in [1.54, 1.807) is 0 Å². The van der Waals surface area contributed by atoms with Crippen LogP contribution in [0.2, 0.25) is 5.02 Å². The highest BCUT2D eigenvalue weighted by atomic mass is 35.5. The molecule has 1 aromatic carbocycles. The van der Waals surface area contributed by atoms with Crippen molar-refractivity contribution in [2.75, 3.05) is 6.54 Å². The van der Waals surface area contributed by atoms with Crippen LogP contribution in [-0.4, -0.2) is 11.1 Å². The topological polar surface area (TPSA) is 30.9 Å². The van der Waals surface area contributed by atoms with Crippen molar-refractivity contribution < 1.29 is 0 Å². The number of benzene rings is 1. The summed E-state index contributed by atoms with van der Waals surface area (Å²) in [5.74, 6) is 0.611. The summed E-state index contributed by atoms with van der Waals surface area (Å²) in [6.07, 6.45) is 1.10. The van der Waals surface area contributed by atoms with Crippen LogP contribution in [0.15, 0.2) is 24.3 Å². The Morgan fingerprint density at radius 1 is 1.40 bits per heavy atom. The van der Waals surface area contributed by atoms with Crippen LogP contribution in [0.3, 0.4) is 0 Å². The maximum absolute atomic E-state index is 5.97. The predicted octanol–water partition coefficient (Wildman–Crippen LogP) is 2.43. The fourth-order valence-corrected chi connectivity index (χ4v) is 2.64. The molecular weight excluding hydrogens is 208 g/mol. The van der Waals surface area contributed by atoms with Crippen LogP contribution in [0.25, 0.3) is 10.9 Å². The zero-order valence-corrected chi connectivity index (χ0v) is 9.17. The summed E-state index contributed by atoms with van der Waals surface area (Å²) in [6.45, 7) is 1.83. The van der Waals surface area contributed by atoms with E-state index in [9.17, 15) is 0 Å². The van der Waals surface area contributed by atoms with Crippen molar-refractivity contribution in [2.24, 2.45) is 11.7 Å².